The first-order valence-corrected chi connectivity index (χ1v) is 12.2. The molecule has 0 saturated heterocycles. The Morgan fingerprint density at radius 1 is 0.912 bits per heavy atom. The molecule has 7 heteroatoms. The summed E-state index contributed by atoms with van der Waals surface area (Å²) in [6.45, 7) is -0.101. The van der Waals surface area contributed by atoms with Crippen molar-refractivity contribution < 1.29 is 10.2 Å². The number of fused-ring (bicyclic) bond motifs is 1. The molecular weight excluding hydrogens is 426 g/mol. The lowest BCUT2D eigenvalue weighted by molar-refractivity contribution is 0.109. The summed E-state index contributed by atoms with van der Waals surface area (Å²) in [6.07, 6.45) is 7.31. The maximum atomic E-state index is 10.0. The number of aliphatic hydroxyl groups is 2. The van der Waals surface area contributed by atoms with Crippen LogP contribution in [0, 0.1) is 0 Å². The van der Waals surface area contributed by atoms with Crippen LogP contribution in [0.25, 0.3) is 22.3 Å². The average Bonchev–Trinajstić information content (AvgIpc) is 3.65. The molecule has 0 aliphatic heterocycles. The van der Waals surface area contributed by atoms with Crippen LogP contribution in [-0.2, 0) is 6.61 Å². The lowest BCUT2D eigenvalue weighted by Crippen LogP contribution is -2.22. The summed E-state index contributed by atoms with van der Waals surface area (Å²) in [5.74, 6) is 2.85. The molecule has 7 nitrogen and oxygen atoms in total. The lowest BCUT2D eigenvalue weighted by atomic mass is 9.92. The molecule has 0 bridgehead atoms. The predicted molar refractivity (Wildman–Crippen MR) is 132 cm³/mol. The third kappa shape index (κ3) is 4.17. The van der Waals surface area contributed by atoms with Crippen molar-refractivity contribution in [1.29, 1.82) is 0 Å². The van der Waals surface area contributed by atoms with Gasteiger partial charge in [0.1, 0.15) is 24.1 Å². The topological polar surface area (TPSA) is 96.1 Å². The summed E-state index contributed by atoms with van der Waals surface area (Å²) in [5.41, 5.74) is 5.14. The number of pyridine rings is 2. The van der Waals surface area contributed by atoms with Gasteiger partial charge in [0.05, 0.1) is 22.8 Å². The number of aromatic nitrogens is 4. The molecule has 3 heterocycles. The van der Waals surface area contributed by atoms with Crippen LogP contribution in [-0.4, -0.2) is 35.8 Å². The van der Waals surface area contributed by atoms with Crippen molar-refractivity contribution in [2.45, 2.75) is 63.2 Å². The highest BCUT2D eigenvalue weighted by Gasteiger charge is 2.26. The highest BCUT2D eigenvalue weighted by atomic mass is 16.3. The van der Waals surface area contributed by atoms with E-state index in [1.54, 1.807) is 6.20 Å². The number of hydrogen-bond acceptors (Lipinski definition) is 6. The zero-order valence-electron chi connectivity index (χ0n) is 19.1. The third-order valence-corrected chi connectivity index (χ3v) is 7.05. The molecule has 34 heavy (non-hydrogen) atoms. The quantitative estimate of drug-likeness (QED) is 0.375. The lowest BCUT2D eigenvalue weighted by Gasteiger charge is -2.28. The molecule has 6 rings (SSSR count). The van der Waals surface area contributed by atoms with Gasteiger partial charge >= 0.3 is 0 Å². The number of benzene rings is 1. The van der Waals surface area contributed by atoms with Crippen molar-refractivity contribution in [3.8, 4) is 11.3 Å². The Labute approximate surface area is 198 Å². The largest absolute Gasteiger partial charge is 0.393 e. The van der Waals surface area contributed by atoms with Gasteiger partial charge in [-0.05, 0) is 86.4 Å². The van der Waals surface area contributed by atoms with Crippen LogP contribution in [0.5, 0.6) is 0 Å². The smallest absolute Gasteiger partial charge is 0.135 e. The monoisotopic (exact) mass is 455 g/mol. The van der Waals surface area contributed by atoms with Crippen molar-refractivity contribution in [2.75, 3.05) is 5.32 Å². The van der Waals surface area contributed by atoms with E-state index in [-0.39, 0.29) is 18.8 Å². The Morgan fingerprint density at radius 3 is 2.50 bits per heavy atom. The van der Waals surface area contributed by atoms with E-state index in [1.165, 1.54) is 18.4 Å². The molecule has 2 aliphatic rings. The summed E-state index contributed by atoms with van der Waals surface area (Å²) in [5, 5.41) is 23.3. The van der Waals surface area contributed by atoms with E-state index in [0.29, 0.717) is 11.7 Å². The molecule has 4 aromatic rings. The molecule has 0 atom stereocenters. The van der Waals surface area contributed by atoms with Crippen LogP contribution < -0.4 is 5.32 Å². The Morgan fingerprint density at radius 2 is 1.76 bits per heavy atom. The molecule has 3 aromatic heterocycles. The number of aliphatic hydroxyl groups excluding tert-OH is 2. The summed E-state index contributed by atoms with van der Waals surface area (Å²) in [6, 6.07) is 16.6. The van der Waals surface area contributed by atoms with Gasteiger partial charge in [-0.25, -0.2) is 15.0 Å². The zero-order valence-corrected chi connectivity index (χ0v) is 19.1. The number of hydrogen-bond donors (Lipinski definition) is 3. The van der Waals surface area contributed by atoms with Gasteiger partial charge in [-0.2, -0.15) is 0 Å². The van der Waals surface area contributed by atoms with E-state index in [9.17, 15) is 10.2 Å². The molecule has 2 fully saturated rings. The Balaban J connectivity index is 1.41. The molecule has 2 aliphatic carbocycles. The van der Waals surface area contributed by atoms with Crippen molar-refractivity contribution in [3.63, 3.8) is 0 Å². The fourth-order valence-electron chi connectivity index (χ4n) is 5.12. The minimum Gasteiger partial charge on any atom is -0.393 e. The molecule has 0 radical (unpaired) electrons. The number of rotatable bonds is 6. The fraction of sp³-hybridized carbons (Fsp3) is 0.370. The minimum absolute atomic E-state index is 0.101. The number of nitrogens with zero attached hydrogens (tertiary/aromatic N) is 4. The summed E-state index contributed by atoms with van der Waals surface area (Å²) < 4.78 is 2.18. The second-order valence-electron chi connectivity index (χ2n) is 9.51. The molecule has 0 amide bonds. The standard InChI is InChI=1S/C27H29N5O2/c33-16-27-30-22-11-6-18(14-24(22)32(27)20-7-9-21(34)10-8-20)23-13-19(17-4-5-17)15-26(29-23)31-25-3-1-2-12-28-25/h1-3,6,11-15,17,20-21,33-34H,4-5,7-10,16H2,(H,28,29,31). The minimum atomic E-state index is -0.224. The van der Waals surface area contributed by atoms with Crippen molar-refractivity contribution in [3.05, 3.63) is 66.1 Å². The molecule has 2 saturated carbocycles. The number of anilines is 2. The first-order chi connectivity index (χ1) is 16.7. The first kappa shape index (κ1) is 21.3. The normalized spacial score (nSPS) is 20.5. The van der Waals surface area contributed by atoms with Gasteiger partial charge in [-0.3, -0.25) is 0 Å². The maximum Gasteiger partial charge on any atom is 0.135 e. The van der Waals surface area contributed by atoms with Crippen LogP contribution in [0.4, 0.5) is 11.6 Å². The second kappa shape index (κ2) is 8.81. The van der Waals surface area contributed by atoms with Gasteiger partial charge in [0.25, 0.3) is 0 Å². The van der Waals surface area contributed by atoms with E-state index < -0.39 is 0 Å². The molecule has 3 N–H and O–H groups in total. The summed E-state index contributed by atoms with van der Waals surface area (Å²) >= 11 is 0. The average molecular weight is 456 g/mol. The van der Waals surface area contributed by atoms with E-state index in [0.717, 1.165) is 59.6 Å². The SMILES string of the molecule is OCc1nc2ccc(-c3cc(C4CC4)cc(Nc4ccccn4)n3)cc2n1C1CCC(O)CC1. The van der Waals surface area contributed by atoms with E-state index in [2.05, 4.69) is 39.1 Å². The van der Waals surface area contributed by atoms with Crippen LogP contribution >= 0.6 is 0 Å². The second-order valence-corrected chi connectivity index (χ2v) is 9.51. The van der Waals surface area contributed by atoms with Crippen molar-refractivity contribution in [1.82, 2.24) is 19.5 Å². The molecule has 0 spiro atoms. The van der Waals surface area contributed by atoms with Crippen LogP contribution in [0.2, 0.25) is 0 Å². The summed E-state index contributed by atoms with van der Waals surface area (Å²) in [4.78, 5) is 14.0. The highest BCUT2D eigenvalue weighted by Crippen LogP contribution is 2.42. The fourth-order valence-corrected chi connectivity index (χ4v) is 5.12. The van der Waals surface area contributed by atoms with Gasteiger partial charge in [0, 0.05) is 17.8 Å². The van der Waals surface area contributed by atoms with Gasteiger partial charge in [0.2, 0.25) is 0 Å². The van der Waals surface area contributed by atoms with Crippen molar-refractivity contribution in [2.24, 2.45) is 0 Å². The Bertz CT molecular complexity index is 1310. The molecule has 174 valence electrons. The van der Waals surface area contributed by atoms with Crippen molar-refractivity contribution >= 4 is 22.7 Å². The van der Waals surface area contributed by atoms with E-state index in [1.807, 2.05) is 24.3 Å². The van der Waals surface area contributed by atoms with Gasteiger partial charge in [0.15, 0.2) is 0 Å². The molecule has 1 aromatic carbocycles. The number of nitrogens with one attached hydrogen (secondary N) is 1. The Hall–Kier alpha value is -3.29. The van der Waals surface area contributed by atoms with Gasteiger partial charge in [-0.1, -0.05) is 12.1 Å². The highest BCUT2D eigenvalue weighted by molar-refractivity contribution is 5.82. The zero-order chi connectivity index (χ0) is 23.1. The predicted octanol–water partition coefficient (Wildman–Crippen LogP) is 5.08. The maximum absolute atomic E-state index is 10.0. The third-order valence-electron chi connectivity index (χ3n) is 7.05. The Kier molecular flexibility index (Phi) is 5.51. The van der Waals surface area contributed by atoms with E-state index >= 15 is 0 Å². The molecule has 0 unspecified atom stereocenters. The molecular formula is C27H29N5O2. The van der Waals surface area contributed by atoms with Crippen LogP contribution in [0.1, 0.15) is 61.9 Å². The number of imidazole rings is 1. The van der Waals surface area contributed by atoms with Crippen LogP contribution in [0.15, 0.2) is 54.7 Å². The van der Waals surface area contributed by atoms with Gasteiger partial charge in [-0.15, -0.1) is 0 Å². The first-order valence-electron chi connectivity index (χ1n) is 12.2. The summed E-state index contributed by atoms with van der Waals surface area (Å²) in [7, 11) is 0. The van der Waals surface area contributed by atoms with E-state index in [4.69, 9.17) is 9.97 Å². The van der Waals surface area contributed by atoms with Gasteiger partial charge < -0.3 is 20.1 Å². The van der Waals surface area contributed by atoms with Crippen LogP contribution in [0.3, 0.4) is 0 Å².